The molecule has 0 spiro atoms. The molecule has 1 N–H and O–H groups in total. The van der Waals surface area contributed by atoms with Gasteiger partial charge in [0.05, 0.1) is 18.4 Å². The quantitative estimate of drug-likeness (QED) is 0.746. The van der Waals surface area contributed by atoms with Crippen LogP contribution >= 0.6 is 11.3 Å². The van der Waals surface area contributed by atoms with Gasteiger partial charge in [0.15, 0.2) is 5.13 Å². The average molecular weight is 313 g/mol. The van der Waals surface area contributed by atoms with Gasteiger partial charge in [-0.1, -0.05) is 0 Å². The van der Waals surface area contributed by atoms with E-state index in [2.05, 4.69) is 24.1 Å². The summed E-state index contributed by atoms with van der Waals surface area (Å²) >= 11 is 1.81. The number of nitrogens with zero attached hydrogens (tertiary/aromatic N) is 2. The molecule has 1 aliphatic heterocycles. The summed E-state index contributed by atoms with van der Waals surface area (Å²) in [5.41, 5.74) is 1.15. The molecule has 0 atom stereocenters. The highest BCUT2D eigenvalue weighted by molar-refractivity contribution is 7.15. The van der Waals surface area contributed by atoms with Crippen molar-refractivity contribution in [3.05, 3.63) is 10.6 Å². The lowest BCUT2D eigenvalue weighted by molar-refractivity contribution is 0.0459. The normalized spacial score (nSPS) is 16.6. The van der Waals surface area contributed by atoms with Crippen LogP contribution in [0.15, 0.2) is 0 Å². The Labute approximate surface area is 131 Å². The molecule has 0 saturated carbocycles. The molecule has 1 fully saturated rings. The number of aromatic nitrogens is 1. The number of thiazole rings is 1. The highest BCUT2D eigenvalue weighted by atomic mass is 32.1. The third-order valence-electron chi connectivity index (χ3n) is 3.76. The summed E-state index contributed by atoms with van der Waals surface area (Å²) in [6, 6.07) is 0. The smallest absolute Gasteiger partial charge is 0.185 e. The molecule has 0 amide bonds. The second kappa shape index (κ2) is 8.68. The van der Waals surface area contributed by atoms with Crippen molar-refractivity contribution in [2.45, 2.75) is 39.3 Å². The highest BCUT2D eigenvalue weighted by Crippen LogP contribution is 2.28. The molecule has 5 nitrogen and oxygen atoms in total. The van der Waals surface area contributed by atoms with Gasteiger partial charge in [-0.25, -0.2) is 4.98 Å². The zero-order valence-corrected chi connectivity index (χ0v) is 14.2. The van der Waals surface area contributed by atoms with Crippen molar-refractivity contribution >= 4 is 16.5 Å². The van der Waals surface area contributed by atoms with Crippen molar-refractivity contribution in [1.29, 1.82) is 0 Å². The standard InChI is InChI=1S/C15H27N3O2S/c1-4-20-13-5-8-18(9-6-13)15-17-12(2)14(21-15)11-16-7-10-19-3/h13,16H,4-11H2,1-3H3. The fourth-order valence-corrected chi connectivity index (χ4v) is 3.62. The van der Waals surface area contributed by atoms with E-state index in [1.807, 2.05) is 11.3 Å². The third-order valence-corrected chi connectivity index (χ3v) is 4.98. The summed E-state index contributed by atoms with van der Waals surface area (Å²) in [5, 5.41) is 4.55. The van der Waals surface area contributed by atoms with Gasteiger partial charge < -0.3 is 19.7 Å². The molecule has 2 heterocycles. The van der Waals surface area contributed by atoms with Gasteiger partial charge in [0, 0.05) is 44.8 Å². The SMILES string of the molecule is CCOC1CCN(c2nc(C)c(CNCCOC)s2)CC1. The molecule has 0 bridgehead atoms. The van der Waals surface area contributed by atoms with Gasteiger partial charge in [-0.3, -0.25) is 0 Å². The lowest BCUT2D eigenvalue weighted by atomic mass is 10.1. The van der Waals surface area contributed by atoms with Gasteiger partial charge >= 0.3 is 0 Å². The lowest BCUT2D eigenvalue weighted by Gasteiger charge is -2.31. The number of rotatable bonds is 8. The Bertz CT molecular complexity index is 417. The van der Waals surface area contributed by atoms with Crippen LogP contribution < -0.4 is 10.2 Å². The fourth-order valence-electron chi connectivity index (χ4n) is 2.54. The number of hydrogen-bond acceptors (Lipinski definition) is 6. The molecular formula is C15H27N3O2S. The van der Waals surface area contributed by atoms with Gasteiger partial charge in [0.1, 0.15) is 0 Å². The molecule has 0 aromatic carbocycles. The minimum atomic E-state index is 0.433. The first-order valence-corrected chi connectivity index (χ1v) is 8.58. The average Bonchev–Trinajstić information content (AvgIpc) is 2.86. The van der Waals surface area contributed by atoms with Crippen LogP contribution in [0.5, 0.6) is 0 Å². The zero-order chi connectivity index (χ0) is 15.1. The van der Waals surface area contributed by atoms with Crippen molar-refractivity contribution in [2.24, 2.45) is 0 Å². The maximum atomic E-state index is 5.71. The second-order valence-electron chi connectivity index (χ2n) is 5.32. The van der Waals surface area contributed by atoms with E-state index < -0.39 is 0 Å². The van der Waals surface area contributed by atoms with E-state index in [0.717, 1.165) is 63.1 Å². The minimum absolute atomic E-state index is 0.433. The number of methoxy groups -OCH3 is 1. The predicted octanol–water partition coefficient (Wildman–Crippen LogP) is 2.19. The van der Waals surface area contributed by atoms with E-state index in [-0.39, 0.29) is 0 Å². The van der Waals surface area contributed by atoms with Crippen LogP contribution in [0.4, 0.5) is 5.13 Å². The van der Waals surface area contributed by atoms with Crippen molar-refractivity contribution in [3.63, 3.8) is 0 Å². The van der Waals surface area contributed by atoms with Gasteiger partial charge in [-0.15, -0.1) is 11.3 Å². The highest BCUT2D eigenvalue weighted by Gasteiger charge is 2.22. The first-order chi connectivity index (χ1) is 10.2. The van der Waals surface area contributed by atoms with E-state index in [4.69, 9.17) is 14.5 Å². The summed E-state index contributed by atoms with van der Waals surface area (Å²) in [7, 11) is 1.73. The van der Waals surface area contributed by atoms with E-state index in [1.165, 1.54) is 4.88 Å². The summed E-state index contributed by atoms with van der Waals surface area (Å²) < 4.78 is 10.8. The molecule has 0 unspecified atom stereocenters. The number of hydrogen-bond donors (Lipinski definition) is 1. The van der Waals surface area contributed by atoms with Gasteiger partial charge in [-0.2, -0.15) is 0 Å². The van der Waals surface area contributed by atoms with Crippen LogP contribution in [0, 0.1) is 6.92 Å². The Hall–Kier alpha value is -0.690. The topological polar surface area (TPSA) is 46.6 Å². The molecule has 6 heteroatoms. The van der Waals surface area contributed by atoms with Crippen LogP contribution in [-0.2, 0) is 16.0 Å². The lowest BCUT2D eigenvalue weighted by Crippen LogP contribution is -2.37. The summed E-state index contributed by atoms with van der Waals surface area (Å²) in [5.74, 6) is 0. The maximum Gasteiger partial charge on any atom is 0.185 e. The van der Waals surface area contributed by atoms with Crippen molar-refractivity contribution in [3.8, 4) is 0 Å². The molecule has 2 rings (SSSR count). The largest absolute Gasteiger partial charge is 0.383 e. The molecule has 1 saturated heterocycles. The molecule has 0 radical (unpaired) electrons. The molecule has 1 aliphatic rings. The van der Waals surface area contributed by atoms with E-state index in [0.29, 0.717) is 6.10 Å². The molecule has 21 heavy (non-hydrogen) atoms. The predicted molar refractivity (Wildman–Crippen MR) is 87.3 cm³/mol. The second-order valence-corrected chi connectivity index (χ2v) is 6.38. The summed E-state index contributed by atoms with van der Waals surface area (Å²) in [6.45, 7) is 9.58. The number of ether oxygens (including phenoxy) is 2. The molecule has 1 aromatic rings. The monoisotopic (exact) mass is 313 g/mol. The Balaban J connectivity index is 1.84. The molecule has 120 valence electrons. The number of anilines is 1. The van der Waals surface area contributed by atoms with Gasteiger partial charge in [0.2, 0.25) is 0 Å². The van der Waals surface area contributed by atoms with Gasteiger partial charge in [0.25, 0.3) is 0 Å². The summed E-state index contributed by atoms with van der Waals surface area (Å²) in [6.07, 6.45) is 2.64. The molecule has 0 aliphatic carbocycles. The first kappa shape index (κ1) is 16.7. The molecular weight excluding hydrogens is 286 g/mol. The Morgan fingerprint density at radius 1 is 1.38 bits per heavy atom. The van der Waals surface area contributed by atoms with Crippen LogP contribution in [0.25, 0.3) is 0 Å². The number of piperidine rings is 1. The van der Waals surface area contributed by atoms with E-state index >= 15 is 0 Å². The van der Waals surface area contributed by atoms with Crippen molar-refractivity contribution < 1.29 is 9.47 Å². The Morgan fingerprint density at radius 2 is 2.14 bits per heavy atom. The van der Waals surface area contributed by atoms with Gasteiger partial charge in [-0.05, 0) is 26.7 Å². The first-order valence-electron chi connectivity index (χ1n) is 7.77. The van der Waals surface area contributed by atoms with Crippen LogP contribution in [0.3, 0.4) is 0 Å². The number of nitrogens with one attached hydrogen (secondary N) is 1. The maximum absolute atomic E-state index is 5.71. The minimum Gasteiger partial charge on any atom is -0.383 e. The Kier molecular flexibility index (Phi) is 6.89. The van der Waals surface area contributed by atoms with E-state index in [9.17, 15) is 0 Å². The molecule has 1 aromatic heterocycles. The Morgan fingerprint density at radius 3 is 2.81 bits per heavy atom. The zero-order valence-electron chi connectivity index (χ0n) is 13.4. The van der Waals surface area contributed by atoms with Crippen molar-refractivity contribution in [1.82, 2.24) is 10.3 Å². The third kappa shape index (κ3) is 4.92. The van der Waals surface area contributed by atoms with Crippen LogP contribution in [0.1, 0.15) is 30.3 Å². The van der Waals surface area contributed by atoms with Crippen LogP contribution in [-0.4, -0.2) is 51.0 Å². The van der Waals surface area contributed by atoms with Crippen LogP contribution in [0.2, 0.25) is 0 Å². The number of aryl methyl sites for hydroxylation is 1. The van der Waals surface area contributed by atoms with E-state index in [1.54, 1.807) is 7.11 Å². The summed E-state index contributed by atoms with van der Waals surface area (Å²) in [4.78, 5) is 8.46. The van der Waals surface area contributed by atoms with Crippen molar-refractivity contribution in [2.75, 3.05) is 44.9 Å². The fraction of sp³-hybridized carbons (Fsp3) is 0.800.